The van der Waals surface area contributed by atoms with Gasteiger partial charge in [-0.25, -0.2) is 9.07 Å². The zero-order chi connectivity index (χ0) is 15.9. The number of halogens is 1. The molecular formula is C16H22FN5. The molecule has 0 saturated heterocycles. The third kappa shape index (κ3) is 4.07. The van der Waals surface area contributed by atoms with Crippen LogP contribution in [0.15, 0.2) is 41.5 Å². The van der Waals surface area contributed by atoms with Crippen molar-refractivity contribution in [2.24, 2.45) is 10.7 Å². The van der Waals surface area contributed by atoms with Crippen LogP contribution in [0.3, 0.4) is 0 Å². The lowest BCUT2D eigenvalue weighted by Gasteiger charge is -2.19. The molecule has 0 spiro atoms. The van der Waals surface area contributed by atoms with Crippen LogP contribution in [-0.2, 0) is 6.42 Å². The van der Waals surface area contributed by atoms with Gasteiger partial charge in [0.15, 0.2) is 5.96 Å². The van der Waals surface area contributed by atoms with E-state index in [0.717, 1.165) is 30.9 Å². The molecule has 0 unspecified atom stereocenters. The van der Waals surface area contributed by atoms with Gasteiger partial charge in [-0.1, -0.05) is 0 Å². The molecular weight excluding hydrogens is 281 g/mol. The Morgan fingerprint density at radius 3 is 2.55 bits per heavy atom. The topological polar surface area (TPSA) is 59.4 Å². The number of nitrogens with two attached hydrogens (primary N) is 1. The summed E-state index contributed by atoms with van der Waals surface area (Å²) >= 11 is 0. The number of benzene rings is 1. The van der Waals surface area contributed by atoms with Gasteiger partial charge < -0.3 is 10.6 Å². The predicted octanol–water partition coefficient (Wildman–Crippen LogP) is 2.21. The monoisotopic (exact) mass is 303 g/mol. The van der Waals surface area contributed by atoms with E-state index in [1.54, 1.807) is 16.8 Å². The van der Waals surface area contributed by atoms with Gasteiger partial charge in [0.25, 0.3) is 0 Å². The first-order chi connectivity index (χ1) is 10.6. The summed E-state index contributed by atoms with van der Waals surface area (Å²) in [4.78, 5) is 6.39. The van der Waals surface area contributed by atoms with Crippen molar-refractivity contribution in [2.75, 3.05) is 19.6 Å². The van der Waals surface area contributed by atoms with Crippen LogP contribution in [0, 0.1) is 5.82 Å². The molecule has 0 saturated carbocycles. The molecule has 0 radical (unpaired) electrons. The van der Waals surface area contributed by atoms with E-state index in [1.807, 2.05) is 17.2 Å². The maximum absolute atomic E-state index is 12.9. The smallest absolute Gasteiger partial charge is 0.191 e. The molecule has 2 aromatic rings. The second kappa shape index (κ2) is 7.59. The Balaban J connectivity index is 1.95. The van der Waals surface area contributed by atoms with E-state index in [9.17, 15) is 4.39 Å². The van der Waals surface area contributed by atoms with Gasteiger partial charge in [0.05, 0.1) is 11.4 Å². The molecule has 0 amide bonds. The summed E-state index contributed by atoms with van der Waals surface area (Å²) in [5, 5.41) is 4.46. The average Bonchev–Trinajstić information content (AvgIpc) is 2.98. The van der Waals surface area contributed by atoms with Crippen molar-refractivity contribution in [1.29, 1.82) is 0 Å². The zero-order valence-electron chi connectivity index (χ0n) is 13.0. The van der Waals surface area contributed by atoms with E-state index in [-0.39, 0.29) is 5.82 Å². The van der Waals surface area contributed by atoms with Crippen LogP contribution >= 0.6 is 0 Å². The van der Waals surface area contributed by atoms with Gasteiger partial charge in [-0.3, -0.25) is 4.99 Å². The number of hydrogen-bond acceptors (Lipinski definition) is 2. The van der Waals surface area contributed by atoms with Crippen LogP contribution in [0.2, 0.25) is 0 Å². The van der Waals surface area contributed by atoms with E-state index in [4.69, 9.17) is 5.73 Å². The molecule has 1 aromatic carbocycles. The van der Waals surface area contributed by atoms with Crippen LogP contribution in [0.1, 0.15) is 19.5 Å². The highest BCUT2D eigenvalue weighted by molar-refractivity contribution is 5.77. The fraction of sp³-hybridized carbons (Fsp3) is 0.375. The van der Waals surface area contributed by atoms with Crippen LogP contribution in [0.4, 0.5) is 4.39 Å². The molecule has 6 heteroatoms. The highest BCUT2D eigenvalue weighted by Gasteiger charge is 2.04. The fourth-order valence-electron chi connectivity index (χ4n) is 2.17. The Labute approximate surface area is 130 Å². The predicted molar refractivity (Wildman–Crippen MR) is 86.6 cm³/mol. The molecule has 5 nitrogen and oxygen atoms in total. The molecule has 0 fully saturated rings. The summed E-state index contributed by atoms with van der Waals surface area (Å²) in [5.74, 6) is 0.320. The third-order valence-corrected chi connectivity index (χ3v) is 3.46. The number of guanidine groups is 1. The Morgan fingerprint density at radius 1 is 1.23 bits per heavy atom. The van der Waals surface area contributed by atoms with Crippen molar-refractivity contribution in [3.63, 3.8) is 0 Å². The van der Waals surface area contributed by atoms with Gasteiger partial charge in [-0.2, -0.15) is 5.10 Å². The molecule has 0 aliphatic heterocycles. The first-order valence-electron chi connectivity index (χ1n) is 7.49. The van der Waals surface area contributed by atoms with Crippen LogP contribution < -0.4 is 5.73 Å². The molecule has 0 aliphatic carbocycles. The fourth-order valence-corrected chi connectivity index (χ4v) is 2.17. The Hall–Kier alpha value is -2.37. The van der Waals surface area contributed by atoms with E-state index in [1.165, 1.54) is 12.1 Å². The van der Waals surface area contributed by atoms with Gasteiger partial charge in [0, 0.05) is 32.3 Å². The zero-order valence-corrected chi connectivity index (χ0v) is 13.0. The Kier molecular flexibility index (Phi) is 5.52. The van der Waals surface area contributed by atoms with Crippen molar-refractivity contribution >= 4 is 5.96 Å². The summed E-state index contributed by atoms with van der Waals surface area (Å²) in [7, 11) is 0. The Bertz CT molecular complexity index is 614. The largest absolute Gasteiger partial charge is 0.370 e. The van der Waals surface area contributed by atoms with Gasteiger partial charge >= 0.3 is 0 Å². The number of hydrogen-bond donors (Lipinski definition) is 1. The molecule has 2 rings (SSSR count). The van der Waals surface area contributed by atoms with Crippen molar-refractivity contribution in [1.82, 2.24) is 14.7 Å². The molecule has 0 atom stereocenters. The lowest BCUT2D eigenvalue weighted by molar-refractivity contribution is 0.458. The standard InChI is InChI=1S/C16H22FN5/c1-3-21(4-2)16(18)19-11-9-14-10-12-22(20-14)15-7-5-13(17)6-8-15/h5-8,10,12H,3-4,9,11H2,1-2H3,(H2,18,19). The van der Waals surface area contributed by atoms with Crippen LogP contribution in [-0.4, -0.2) is 40.3 Å². The van der Waals surface area contributed by atoms with E-state index >= 15 is 0 Å². The summed E-state index contributed by atoms with van der Waals surface area (Å²) in [6.45, 7) is 6.41. The van der Waals surface area contributed by atoms with E-state index in [2.05, 4.69) is 23.9 Å². The number of nitrogens with zero attached hydrogens (tertiary/aromatic N) is 4. The molecule has 2 N–H and O–H groups in total. The minimum atomic E-state index is -0.252. The van der Waals surface area contributed by atoms with Crippen molar-refractivity contribution in [3.05, 3.63) is 48.0 Å². The molecule has 1 heterocycles. The molecule has 0 bridgehead atoms. The SMILES string of the molecule is CCN(CC)C(N)=NCCc1ccn(-c2ccc(F)cc2)n1. The second-order valence-electron chi connectivity index (χ2n) is 4.89. The first kappa shape index (κ1) is 16.0. The normalized spacial score (nSPS) is 11.7. The number of aliphatic imine (C=N–C) groups is 1. The lowest BCUT2D eigenvalue weighted by Crippen LogP contribution is -2.37. The highest BCUT2D eigenvalue weighted by Crippen LogP contribution is 2.09. The average molecular weight is 303 g/mol. The second-order valence-corrected chi connectivity index (χ2v) is 4.89. The lowest BCUT2D eigenvalue weighted by atomic mass is 10.3. The van der Waals surface area contributed by atoms with Crippen LogP contribution in [0.25, 0.3) is 5.69 Å². The van der Waals surface area contributed by atoms with Crippen molar-refractivity contribution < 1.29 is 4.39 Å². The van der Waals surface area contributed by atoms with Gasteiger partial charge in [-0.15, -0.1) is 0 Å². The molecule has 0 aliphatic rings. The minimum absolute atomic E-state index is 0.252. The van der Waals surface area contributed by atoms with Gasteiger partial charge in [0.1, 0.15) is 5.82 Å². The Morgan fingerprint density at radius 2 is 1.91 bits per heavy atom. The van der Waals surface area contributed by atoms with Crippen molar-refractivity contribution in [2.45, 2.75) is 20.3 Å². The minimum Gasteiger partial charge on any atom is -0.370 e. The third-order valence-electron chi connectivity index (χ3n) is 3.46. The van der Waals surface area contributed by atoms with E-state index in [0.29, 0.717) is 12.5 Å². The molecule has 1 aromatic heterocycles. The quantitative estimate of drug-likeness (QED) is 0.657. The summed E-state index contributed by atoms with van der Waals surface area (Å²) in [6.07, 6.45) is 2.58. The van der Waals surface area contributed by atoms with Crippen LogP contribution in [0.5, 0.6) is 0 Å². The summed E-state index contributed by atoms with van der Waals surface area (Å²) < 4.78 is 14.6. The highest BCUT2D eigenvalue weighted by atomic mass is 19.1. The van der Waals surface area contributed by atoms with Gasteiger partial charge in [-0.05, 0) is 44.2 Å². The van der Waals surface area contributed by atoms with Crippen molar-refractivity contribution in [3.8, 4) is 5.69 Å². The first-order valence-corrected chi connectivity index (χ1v) is 7.49. The number of aromatic nitrogens is 2. The maximum atomic E-state index is 12.9. The maximum Gasteiger partial charge on any atom is 0.191 e. The van der Waals surface area contributed by atoms with Gasteiger partial charge in [0.2, 0.25) is 0 Å². The summed E-state index contributed by atoms with van der Waals surface area (Å²) in [6, 6.07) is 8.18. The summed E-state index contributed by atoms with van der Waals surface area (Å²) in [5.41, 5.74) is 7.69. The van der Waals surface area contributed by atoms with E-state index < -0.39 is 0 Å². The molecule has 22 heavy (non-hydrogen) atoms. The number of rotatable bonds is 6. The molecule has 118 valence electrons.